The van der Waals surface area contributed by atoms with Gasteiger partial charge in [0, 0.05) is 6.54 Å². The zero-order chi connectivity index (χ0) is 23.0. The van der Waals surface area contributed by atoms with Crippen LogP contribution >= 0.6 is 11.8 Å². The zero-order valence-electron chi connectivity index (χ0n) is 18.0. The van der Waals surface area contributed by atoms with Crippen LogP contribution in [0.15, 0.2) is 88.6 Å². The monoisotopic (exact) mass is 461 g/mol. The predicted molar refractivity (Wildman–Crippen MR) is 126 cm³/mol. The van der Waals surface area contributed by atoms with Crippen LogP contribution in [0, 0.1) is 0 Å². The van der Waals surface area contributed by atoms with Crippen LogP contribution in [0.3, 0.4) is 0 Å². The van der Waals surface area contributed by atoms with Gasteiger partial charge in [-0.25, -0.2) is 4.79 Å². The maximum atomic E-state index is 13.1. The van der Waals surface area contributed by atoms with E-state index in [-0.39, 0.29) is 0 Å². The Hall–Kier alpha value is -3.85. The molecule has 0 spiro atoms. The molecule has 2 N–H and O–H groups in total. The minimum Gasteiger partial charge on any atom is -0.461 e. The summed E-state index contributed by atoms with van der Waals surface area (Å²) in [6.07, 6.45) is 1.58. The molecule has 0 unspecified atom stereocenters. The first kappa shape index (κ1) is 22.3. The quantitative estimate of drug-likeness (QED) is 0.380. The number of hydrogen-bond acceptors (Lipinski definition) is 6. The molecule has 0 saturated carbocycles. The molecule has 0 saturated heterocycles. The first-order valence-electron chi connectivity index (χ1n) is 10.5. The topological polar surface area (TPSA) is 102 Å². The third kappa shape index (κ3) is 5.50. The summed E-state index contributed by atoms with van der Waals surface area (Å²) in [5.41, 5.74) is 1.80. The summed E-state index contributed by atoms with van der Waals surface area (Å²) in [5.74, 6) is 0.696. The normalized spacial score (nSPS) is 11.7. The maximum Gasteiger partial charge on any atom is 0.321 e. The lowest BCUT2D eigenvalue weighted by molar-refractivity contribution is -0.119. The molecule has 4 rings (SSSR count). The van der Waals surface area contributed by atoms with Crippen LogP contribution in [0.1, 0.15) is 23.3 Å². The smallest absolute Gasteiger partial charge is 0.321 e. The van der Waals surface area contributed by atoms with E-state index in [1.165, 1.54) is 11.8 Å². The number of amides is 3. The number of urea groups is 1. The average Bonchev–Trinajstić information content (AvgIpc) is 3.49. The lowest BCUT2D eigenvalue weighted by Crippen LogP contribution is -2.41. The molecular weight excluding hydrogens is 438 g/mol. The molecule has 2 aromatic heterocycles. The van der Waals surface area contributed by atoms with Gasteiger partial charge in [0.25, 0.3) is 0 Å². The molecule has 3 amide bonds. The minimum atomic E-state index is -0.711. The Labute approximate surface area is 195 Å². The third-order valence-electron chi connectivity index (χ3n) is 4.78. The Morgan fingerprint density at radius 2 is 1.73 bits per heavy atom. The highest BCUT2D eigenvalue weighted by Crippen LogP contribution is 2.36. The highest BCUT2D eigenvalue weighted by molar-refractivity contribution is 8.00. The van der Waals surface area contributed by atoms with Gasteiger partial charge < -0.3 is 9.73 Å². The highest BCUT2D eigenvalue weighted by Gasteiger charge is 2.27. The summed E-state index contributed by atoms with van der Waals surface area (Å²) in [6.45, 7) is 2.70. The van der Waals surface area contributed by atoms with Gasteiger partial charge in [0.05, 0.1) is 12.8 Å². The molecule has 1 atom stereocenters. The number of hydrogen-bond donors (Lipinski definition) is 2. The predicted octanol–water partition coefficient (Wildman–Crippen LogP) is 4.27. The summed E-state index contributed by atoms with van der Waals surface area (Å²) in [6, 6.07) is 22.2. The molecule has 0 aliphatic carbocycles. The summed E-state index contributed by atoms with van der Waals surface area (Å²) in [4.78, 5) is 25.1. The van der Waals surface area contributed by atoms with Gasteiger partial charge in [-0.05, 0) is 30.2 Å². The van der Waals surface area contributed by atoms with Gasteiger partial charge in [-0.15, -0.1) is 10.2 Å². The maximum absolute atomic E-state index is 13.1. The van der Waals surface area contributed by atoms with Crippen LogP contribution in [0.5, 0.6) is 0 Å². The average molecular weight is 462 g/mol. The van der Waals surface area contributed by atoms with Crippen molar-refractivity contribution in [3.8, 4) is 11.6 Å². The lowest BCUT2D eigenvalue weighted by Gasteiger charge is -2.17. The molecule has 0 bridgehead atoms. The summed E-state index contributed by atoms with van der Waals surface area (Å²) >= 11 is 1.23. The molecule has 0 aliphatic rings. The van der Waals surface area contributed by atoms with Gasteiger partial charge in [0.1, 0.15) is 5.25 Å². The van der Waals surface area contributed by atoms with E-state index < -0.39 is 17.2 Å². The van der Waals surface area contributed by atoms with E-state index in [1.54, 1.807) is 19.3 Å². The van der Waals surface area contributed by atoms with Crippen molar-refractivity contribution in [2.45, 2.75) is 23.9 Å². The summed E-state index contributed by atoms with van der Waals surface area (Å²) in [7, 11) is 0. The number of thioether (sulfide) groups is 1. The molecular formula is C24H23N5O3S. The molecule has 9 heteroatoms. The molecule has 2 aromatic carbocycles. The standard InChI is InChI=1S/C24H23N5O3S/c1-2-25-23(31)26-22(30)20(18-12-7-4-8-13-18)33-24-28-27-21(19-14-9-15-32-19)29(24)16-17-10-5-3-6-11-17/h3-15,20H,2,16H2,1H3,(H2,25,26,30,31)/t20-/m1/s1. The third-order valence-corrected chi connectivity index (χ3v) is 6.01. The first-order valence-corrected chi connectivity index (χ1v) is 11.3. The van der Waals surface area contributed by atoms with Gasteiger partial charge in [-0.1, -0.05) is 72.4 Å². The number of aromatic nitrogens is 3. The van der Waals surface area contributed by atoms with Crippen LogP contribution in [-0.2, 0) is 11.3 Å². The van der Waals surface area contributed by atoms with E-state index in [0.717, 1.165) is 11.1 Å². The van der Waals surface area contributed by atoms with E-state index in [0.29, 0.717) is 29.8 Å². The molecule has 4 aromatic rings. The lowest BCUT2D eigenvalue weighted by atomic mass is 10.1. The Morgan fingerprint density at radius 3 is 2.39 bits per heavy atom. The molecule has 0 fully saturated rings. The van der Waals surface area contributed by atoms with E-state index in [2.05, 4.69) is 20.8 Å². The first-order chi connectivity index (χ1) is 16.2. The van der Waals surface area contributed by atoms with Crippen molar-refractivity contribution >= 4 is 23.7 Å². The summed E-state index contributed by atoms with van der Waals surface area (Å²) < 4.78 is 7.47. The van der Waals surface area contributed by atoms with Crippen LogP contribution in [0.25, 0.3) is 11.6 Å². The summed E-state index contributed by atoms with van der Waals surface area (Å²) in [5, 5.41) is 13.5. The van der Waals surface area contributed by atoms with E-state index >= 15 is 0 Å². The molecule has 0 radical (unpaired) electrons. The van der Waals surface area contributed by atoms with Gasteiger partial charge in [0.15, 0.2) is 10.9 Å². The van der Waals surface area contributed by atoms with Crippen molar-refractivity contribution in [3.05, 3.63) is 90.2 Å². The van der Waals surface area contributed by atoms with Crippen molar-refractivity contribution in [3.63, 3.8) is 0 Å². The second-order valence-corrected chi connectivity index (χ2v) is 8.18. The number of nitrogens with one attached hydrogen (secondary N) is 2. The van der Waals surface area contributed by atoms with E-state index in [4.69, 9.17) is 4.42 Å². The second-order valence-electron chi connectivity index (χ2n) is 7.11. The molecule has 33 heavy (non-hydrogen) atoms. The number of carbonyl (C=O) groups is 2. The van der Waals surface area contributed by atoms with Crippen LogP contribution < -0.4 is 10.6 Å². The van der Waals surface area contributed by atoms with Crippen LogP contribution in [-0.4, -0.2) is 33.2 Å². The van der Waals surface area contributed by atoms with Crippen LogP contribution in [0.4, 0.5) is 4.79 Å². The van der Waals surface area contributed by atoms with Gasteiger partial charge in [-0.2, -0.15) is 0 Å². The largest absolute Gasteiger partial charge is 0.461 e. The molecule has 8 nitrogen and oxygen atoms in total. The van der Waals surface area contributed by atoms with Crippen molar-refractivity contribution in [2.75, 3.05) is 6.54 Å². The second kappa shape index (κ2) is 10.6. The zero-order valence-corrected chi connectivity index (χ0v) is 18.8. The van der Waals surface area contributed by atoms with Gasteiger partial charge in [-0.3, -0.25) is 14.7 Å². The Balaban J connectivity index is 1.69. The number of furan rings is 1. The SMILES string of the molecule is CCNC(=O)NC(=O)[C@H](Sc1nnc(-c2ccco2)n1Cc1ccccc1)c1ccccc1. The van der Waals surface area contributed by atoms with Crippen molar-refractivity contribution < 1.29 is 14.0 Å². The van der Waals surface area contributed by atoms with Crippen LogP contribution in [0.2, 0.25) is 0 Å². The number of benzene rings is 2. The number of imide groups is 1. The Kier molecular flexibility index (Phi) is 7.21. The van der Waals surface area contributed by atoms with Gasteiger partial charge >= 0.3 is 6.03 Å². The number of carbonyl (C=O) groups excluding carboxylic acids is 2. The fraction of sp³-hybridized carbons (Fsp3) is 0.167. The van der Waals surface area contributed by atoms with Crippen molar-refractivity contribution in [1.29, 1.82) is 0 Å². The van der Waals surface area contributed by atoms with Crippen molar-refractivity contribution in [2.24, 2.45) is 0 Å². The fourth-order valence-corrected chi connectivity index (χ4v) is 4.30. The highest BCUT2D eigenvalue weighted by atomic mass is 32.2. The van der Waals surface area contributed by atoms with E-state index in [1.807, 2.05) is 71.3 Å². The molecule has 168 valence electrons. The Bertz CT molecular complexity index is 1190. The number of nitrogens with zero attached hydrogens (tertiary/aromatic N) is 3. The number of rotatable bonds is 8. The molecule has 2 heterocycles. The van der Waals surface area contributed by atoms with Crippen molar-refractivity contribution in [1.82, 2.24) is 25.4 Å². The fourth-order valence-electron chi connectivity index (χ4n) is 3.26. The minimum absolute atomic E-state index is 0.417. The Morgan fingerprint density at radius 1 is 1.00 bits per heavy atom. The van der Waals surface area contributed by atoms with E-state index in [9.17, 15) is 9.59 Å². The molecule has 0 aliphatic heterocycles. The van der Waals surface area contributed by atoms with Gasteiger partial charge in [0.2, 0.25) is 11.7 Å².